The highest BCUT2D eigenvalue weighted by Crippen LogP contribution is 2.36. The molecule has 0 amide bonds. The van der Waals surface area contributed by atoms with Crippen LogP contribution >= 0.6 is 15.9 Å². The van der Waals surface area contributed by atoms with Crippen LogP contribution in [0.3, 0.4) is 0 Å². The second-order valence-electron chi connectivity index (χ2n) is 4.51. The summed E-state index contributed by atoms with van der Waals surface area (Å²) in [5, 5.41) is 10.4. The molecule has 2 aromatic rings. The van der Waals surface area contributed by atoms with Crippen LogP contribution in [0, 0.1) is 5.82 Å². The van der Waals surface area contributed by atoms with E-state index in [1.165, 1.54) is 6.07 Å². The molecule has 19 heavy (non-hydrogen) atoms. The first-order chi connectivity index (χ1) is 9.16. The number of hydrogen-bond donors (Lipinski definition) is 1. The maximum atomic E-state index is 13.5. The molecule has 1 N–H and O–H groups in total. The highest BCUT2D eigenvalue weighted by Gasteiger charge is 2.22. The Kier molecular flexibility index (Phi) is 3.29. The molecule has 0 aliphatic carbocycles. The van der Waals surface area contributed by atoms with Crippen molar-refractivity contribution in [1.29, 1.82) is 0 Å². The third-order valence-corrected chi connectivity index (χ3v) is 3.94. The smallest absolute Gasteiger partial charge is 0.137 e. The minimum atomic E-state index is -0.879. The lowest BCUT2D eigenvalue weighted by Crippen LogP contribution is -2.02. The summed E-state index contributed by atoms with van der Waals surface area (Å²) in [6.07, 6.45) is -0.0272. The quantitative estimate of drug-likeness (QED) is 0.915. The van der Waals surface area contributed by atoms with E-state index in [0.29, 0.717) is 22.2 Å². The first kappa shape index (κ1) is 12.6. The maximum absolute atomic E-state index is 13.5. The third-order valence-electron chi connectivity index (χ3n) is 3.30. The number of halogens is 2. The van der Waals surface area contributed by atoms with Crippen molar-refractivity contribution >= 4 is 15.9 Å². The fraction of sp³-hybridized carbons (Fsp3) is 0.200. The Labute approximate surface area is 119 Å². The van der Waals surface area contributed by atoms with Gasteiger partial charge in [0, 0.05) is 12.0 Å². The molecular weight excluding hydrogens is 311 g/mol. The van der Waals surface area contributed by atoms with Crippen molar-refractivity contribution in [2.45, 2.75) is 12.5 Å². The van der Waals surface area contributed by atoms with Crippen LogP contribution in [0.25, 0.3) is 0 Å². The molecule has 98 valence electrons. The second kappa shape index (κ2) is 4.94. The van der Waals surface area contributed by atoms with Crippen LogP contribution in [0.15, 0.2) is 40.9 Å². The van der Waals surface area contributed by atoms with Gasteiger partial charge >= 0.3 is 0 Å². The first-order valence-electron chi connectivity index (χ1n) is 6.04. The van der Waals surface area contributed by atoms with Crippen molar-refractivity contribution < 1.29 is 14.2 Å². The number of aliphatic hydroxyl groups excluding tert-OH is 1. The molecule has 1 aliphatic heterocycles. The Bertz CT molecular complexity index is 628. The average Bonchev–Trinajstić information content (AvgIpc) is 2.89. The molecular formula is C15H12BrFO2. The molecule has 0 saturated heterocycles. The molecule has 1 aliphatic rings. The molecule has 1 atom stereocenters. The molecule has 1 unspecified atom stereocenters. The number of rotatable bonds is 2. The summed E-state index contributed by atoms with van der Waals surface area (Å²) in [6.45, 7) is 0.633. The van der Waals surface area contributed by atoms with Gasteiger partial charge in [-0.25, -0.2) is 4.39 Å². The zero-order valence-electron chi connectivity index (χ0n) is 10.1. The standard InChI is InChI=1S/C15H12BrFO2/c16-12-5-4-10(8-13(12)17)14(18)11-3-1-2-9-6-7-19-15(9)11/h1-5,8,14,18H,6-7H2. The van der Waals surface area contributed by atoms with Gasteiger partial charge in [-0.05, 0) is 39.2 Å². The van der Waals surface area contributed by atoms with E-state index in [4.69, 9.17) is 4.74 Å². The lowest BCUT2D eigenvalue weighted by atomic mass is 9.98. The van der Waals surface area contributed by atoms with Crippen LogP contribution in [-0.4, -0.2) is 11.7 Å². The summed E-state index contributed by atoms with van der Waals surface area (Å²) in [6, 6.07) is 10.3. The van der Waals surface area contributed by atoms with Gasteiger partial charge in [0.2, 0.25) is 0 Å². The van der Waals surface area contributed by atoms with Crippen molar-refractivity contribution in [1.82, 2.24) is 0 Å². The SMILES string of the molecule is OC(c1ccc(Br)c(F)c1)c1cccc2c1OCC2. The minimum Gasteiger partial charge on any atom is -0.493 e. The van der Waals surface area contributed by atoms with Gasteiger partial charge in [0.05, 0.1) is 11.1 Å². The highest BCUT2D eigenvalue weighted by atomic mass is 79.9. The largest absolute Gasteiger partial charge is 0.493 e. The highest BCUT2D eigenvalue weighted by molar-refractivity contribution is 9.10. The monoisotopic (exact) mass is 322 g/mol. The molecule has 0 fully saturated rings. The van der Waals surface area contributed by atoms with E-state index in [2.05, 4.69) is 15.9 Å². The predicted molar refractivity (Wildman–Crippen MR) is 73.8 cm³/mol. The van der Waals surface area contributed by atoms with Crippen molar-refractivity contribution in [3.8, 4) is 5.75 Å². The zero-order chi connectivity index (χ0) is 13.4. The number of hydrogen-bond acceptors (Lipinski definition) is 2. The van der Waals surface area contributed by atoms with E-state index < -0.39 is 6.10 Å². The van der Waals surface area contributed by atoms with Crippen molar-refractivity contribution in [3.63, 3.8) is 0 Å². The third kappa shape index (κ3) is 2.26. The van der Waals surface area contributed by atoms with Crippen molar-refractivity contribution in [3.05, 3.63) is 63.4 Å². The van der Waals surface area contributed by atoms with Gasteiger partial charge in [-0.3, -0.25) is 0 Å². The molecule has 0 spiro atoms. The van der Waals surface area contributed by atoms with E-state index in [1.807, 2.05) is 18.2 Å². The summed E-state index contributed by atoms with van der Waals surface area (Å²) < 4.78 is 19.5. The second-order valence-corrected chi connectivity index (χ2v) is 5.36. The summed E-state index contributed by atoms with van der Waals surface area (Å²) in [5.41, 5.74) is 2.30. The summed E-state index contributed by atoms with van der Waals surface area (Å²) >= 11 is 3.10. The van der Waals surface area contributed by atoms with Crippen molar-refractivity contribution in [2.75, 3.05) is 6.61 Å². The summed E-state index contributed by atoms with van der Waals surface area (Å²) in [7, 11) is 0. The van der Waals surface area contributed by atoms with Gasteiger partial charge < -0.3 is 9.84 Å². The molecule has 0 radical (unpaired) electrons. The van der Waals surface area contributed by atoms with Gasteiger partial charge in [-0.2, -0.15) is 0 Å². The number of ether oxygens (including phenoxy) is 1. The molecule has 4 heteroatoms. The fourth-order valence-corrected chi connectivity index (χ4v) is 2.56. The molecule has 1 heterocycles. The Balaban J connectivity index is 2.02. The number of para-hydroxylation sites is 1. The lowest BCUT2D eigenvalue weighted by Gasteiger charge is -2.15. The number of fused-ring (bicyclic) bond motifs is 1. The maximum Gasteiger partial charge on any atom is 0.137 e. The fourth-order valence-electron chi connectivity index (χ4n) is 2.32. The summed E-state index contributed by atoms with van der Waals surface area (Å²) in [4.78, 5) is 0. The molecule has 0 bridgehead atoms. The van der Waals surface area contributed by atoms with Gasteiger partial charge in [-0.15, -0.1) is 0 Å². The molecule has 2 nitrogen and oxygen atoms in total. The molecule has 3 rings (SSSR count). The van der Waals surface area contributed by atoms with Gasteiger partial charge in [0.25, 0.3) is 0 Å². The van der Waals surface area contributed by atoms with E-state index >= 15 is 0 Å². The Morgan fingerprint density at radius 1 is 1.26 bits per heavy atom. The Hall–Kier alpha value is -1.39. The zero-order valence-corrected chi connectivity index (χ0v) is 11.7. The Morgan fingerprint density at radius 2 is 2.11 bits per heavy atom. The van der Waals surface area contributed by atoms with Crippen LogP contribution in [0.2, 0.25) is 0 Å². The minimum absolute atomic E-state index is 0.384. The van der Waals surface area contributed by atoms with Crippen LogP contribution in [0.5, 0.6) is 5.75 Å². The van der Waals surface area contributed by atoms with E-state index in [9.17, 15) is 9.50 Å². The lowest BCUT2D eigenvalue weighted by molar-refractivity contribution is 0.213. The average molecular weight is 323 g/mol. The molecule has 2 aromatic carbocycles. The Morgan fingerprint density at radius 3 is 2.89 bits per heavy atom. The van der Waals surface area contributed by atoms with Gasteiger partial charge in [0.1, 0.15) is 17.7 Å². The topological polar surface area (TPSA) is 29.5 Å². The van der Waals surface area contributed by atoms with Crippen LogP contribution in [0.4, 0.5) is 4.39 Å². The van der Waals surface area contributed by atoms with Gasteiger partial charge in [-0.1, -0.05) is 24.3 Å². The van der Waals surface area contributed by atoms with Crippen LogP contribution < -0.4 is 4.74 Å². The van der Waals surface area contributed by atoms with Crippen LogP contribution in [-0.2, 0) is 6.42 Å². The number of benzene rings is 2. The van der Waals surface area contributed by atoms with Gasteiger partial charge in [0.15, 0.2) is 0 Å². The first-order valence-corrected chi connectivity index (χ1v) is 6.83. The normalized spacial score (nSPS) is 14.9. The van der Waals surface area contributed by atoms with E-state index in [-0.39, 0.29) is 5.82 Å². The molecule has 0 aromatic heterocycles. The van der Waals surface area contributed by atoms with Crippen molar-refractivity contribution in [2.24, 2.45) is 0 Å². The predicted octanol–water partition coefficient (Wildman–Crippen LogP) is 3.60. The van der Waals surface area contributed by atoms with E-state index in [1.54, 1.807) is 12.1 Å². The summed E-state index contributed by atoms with van der Waals surface area (Å²) in [5.74, 6) is 0.350. The molecule has 0 saturated carbocycles. The van der Waals surface area contributed by atoms with E-state index in [0.717, 1.165) is 17.7 Å². The number of aliphatic hydroxyl groups is 1. The van der Waals surface area contributed by atoms with Crippen LogP contribution in [0.1, 0.15) is 22.8 Å².